The topological polar surface area (TPSA) is 101 Å². The van der Waals surface area contributed by atoms with E-state index in [4.69, 9.17) is 9.47 Å². The molecule has 0 aliphatic rings. The van der Waals surface area contributed by atoms with Crippen molar-refractivity contribution in [1.29, 1.82) is 0 Å². The Morgan fingerprint density at radius 1 is 1.16 bits per heavy atom. The highest BCUT2D eigenvalue weighted by atomic mass is 16.5. The molecule has 2 heterocycles. The van der Waals surface area contributed by atoms with Crippen molar-refractivity contribution in [3.8, 4) is 11.5 Å². The third-order valence-corrected chi connectivity index (χ3v) is 5.13. The minimum Gasteiger partial charge on any atom is -0.493 e. The number of hydrogen-bond acceptors (Lipinski definition) is 6. The average molecular weight is 429 g/mol. The van der Waals surface area contributed by atoms with E-state index in [2.05, 4.69) is 4.98 Å². The molecule has 166 valence electrons. The second-order valence-electron chi connectivity index (χ2n) is 7.09. The number of benzene rings is 1. The SMILES string of the molecule is CCOc1ccc(CN(CC)C(=O)Cn2c(=O)c3c(ncn3C)n(C)c2=O)cc1OC. The van der Waals surface area contributed by atoms with Crippen LogP contribution < -0.4 is 20.7 Å². The fraction of sp³-hybridized carbons (Fsp3) is 0.429. The quantitative estimate of drug-likeness (QED) is 0.527. The fourth-order valence-electron chi connectivity index (χ4n) is 3.45. The Morgan fingerprint density at radius 2 is 1.90 bits per heavy atom. The second kappa shape index (κ2) is 9.07. The lowest BCUT2D eigenvalue weighted by Gasteiger charge is -2.22. The van der Waals surface area contributed by atoms with Gasteiger partial charge in [-0.05, 0) is 31.5 Å². The first-order chi connectivity index (χ1) is 14.8. The molecule has 0 aliphatic heterocycles. The number of rotatable bonds is 8. The lowest BCUT2D eigenvalue weighted by atomic mass is 10.2. The van der Waals surface area contributed by atoms with Crippen molar-refractivity contribution in [2.45, 2.75) is 26.9 Å². The van der Waals surface area contributed by atoms with Gasteiger partial charge in [-0.15, -0.1) is 0 Å². The van der Waals surface area contributed by atoms with Crippen molar-refractivity contribution in [2.75, 3.05) is 20.3 Å². The smallest absolute Gasteiger partial charge is 0.332 e. The molecule has 0 spiro atoms. The Morgan fingerprint density at radius 3 is 2.55 bits per heavy atom. The summed E-state index contributed by atoms with van der Waals surface area (Å²) in [5, 5.41) is 0. The van der Waals surface area contributed by atoms with Gasteiger partial charge in [0.05, 0.1) is 20.0 Å². The van der Waals surface area contributed by atoms with Gasteiger partial charge in [-0.3, -0.25) is 14.2 Å². The van der Waals surface area contributed by atoms with Gasteiger partial charge >= 0.3 is 5.69 Å². The van der Waals surface area contributed by atoms with Crippen molar-refractivity contribution < 1.29 is 14.3 Å². The van der Waals surface area contributed by atoms with Crippen LogP contribution in [0.4, 0.5) is 0 Å². The van der Waals surface area contributed by atoms with Crippen LogP contribution in [-0.4, -0.2) is 49.8 Å². The number of fused-ring (bicyclic) bond motifs is 1. The van der Waals surface area contributed by atoms with Crippen molar-refractivity contribution in [1.82, 2.24) is 23.6 Å². The molecule has 0 saturated heterocycles. The van der Waals surface area contributed by atoms with Gasteiger partial charge in [0.15, 0.2) is 22.7 Å². The van der Waals surface area contributed by atoms with Crippen LogP contribution in [0, 0.1) is 0 Å². The lowest BCUT2D eigenvalue weighted by molar-refractivity contribution is -0.132. The molecule has 10 heteroatoms. The monoisotopic (exact) mass is 429 g/mol. The van der Waals surface area contributed by atoms with E-state index in [0.29, 0.717) is 31.2 Å². The number of ether oxygens (including phenoxy) is 2. The highest BCUT2D eigenvalue weighted by Gasteiger charge is 2.20. The van der Waals surface area contributed by atoms with Crippen LogP contribution in [0.3, 0.4) is 0 Å². The number of imidazole rings is 1. The van der Waals surface area contributed by atoms with Gasteiger partial charge in [0.25, 0.3) is 5.56 Å². The molecule has 10 nitrogen and oxygen atoms in total. The van der Waals surface area contributed by atoms with Crippen LogP contribution in [0.5, 0.6) is 11.5 Å². The summed E-state index contributed by atoms with van der Waals surface area (Å²) in [5.41, 5.74) is 0.288. The molecule has 0 bridgehead atoms. The number of methoxy groups -OCH3 is 1. The maximum absolute atomic E-state index is 13.0. The predicted octanol–water partition coefficient (Wildman–Crippen LogP) is 0.890. The number of nitrogens with zero attached hydrogens (tertiary/aromatic N) is 5. The Kier molecular flexibility index (Phi) is 6.47. The predicted molar refractivity (Wildman–Crippen MR) is 115 cm³/mol. The normalized spacial score (nSPS) is 11.0. The van der Waals surface area contributed by atoms with E-state index in [-0.39, 0.29) is 23.6 Å². The van der Waals surface area contributed by atoms with E-state index in [1.165, 1.54) is 17.9 Å². The summed E-state index contributed by atoms with van der Waals surface area (Å²) in [6, 6.07) is 5.47. The molecule has 2 aromatic heterocycles. The van der Waals surface area contributed by atoms with Gasteiger partial charge in [-0.2, -0.15) is 0 Å². The zero-order valence-electron chi connectivity index (χ0n) is 18.4. The molecule has 0 fully saturated rings. The first-order valence-corrected chi connectivity index (χ1v) is 10.0. The largest absolute Gasteiger partial charge is 0.493 e. The van der Waals surface area contributed by atoms with Crippen LogP contribution in [0.1, 0.15) is 19.4 Å². The Hall–Kier alpha value is -3.56. The Labute approximate surface area is 179 Å². The minimum atomic E-state index is -0.580. The summed E-state index contributed by atoms with van der Waals surface area (Å²) in [6.45, 7) is 4.61. The Bertz CT molecular complexity index is 1220. The summed E-state index contributed by atoms with van der Waals surface area (Å²) in [7, 11) is 4.76. The molecule has 0 aliphatic carbocycles. The van der Waals surface area contributed by atoms with Gasteiger partial charge in [0.2, 0.25) is 5.91 Å². The van der Waals surface area contributed by atoms with Crippen molar-refractivity contribution >= 4 is 17.1 Å². The summed E-state index contributed by atoms with van der Waals surface area (Å²) < 4.78 is 14.7. The van der Waals surface area contributed by atoms with Crippen LogP contribution in [0.15, 0.2) is 34.1 Å². The van der Waals surface area contributed by atoms with Crippen LogP contribution in [0.2, 0.25) is 0 Å². The van der Waals surface area contributed by atoms with E-state index < -0.39 is 11.2 Å². The van der Waals surface area contributed by atoms with Crippen molar-refractivity contribution in [3.05, 3.63) is 50.9 Å². The number of likely N-dealkylation sites (N-methyl/N-ethyl adjacent to an activating group) is 1. The van der Waals surface area contributed by atoms with E-state index in [0.717, 1.165) is 10.1 Å². The number of carbonyl (C=O) groups is 1. The average Bonchev–Trinajstić information content (AvgIpc) is 3.16. The first kappa shape index (κ1) is 22.1. The molecule has 0 unspecified atom stereocenters. The minimum absolute atomic E-state index is 0.272. The van der Waals surface area contributed by atoms with Gasteiger partial charge in [0.1, 0.15) is 6.54 Å². The zero-order chi connectivity index (χ0) is 22.7. The maximum atomic E-state index is 13.0. The maximum Gasteiger partial charge on any atom is 0.332 e. The Balaban J connectivity index is 1.88. The van der Waals surface area contributed by atoms with Gasteiger partial charge < -0.3 is 18.9 Å². The second-order valence-corrected chi connectivity index (χ2v) is 7.09. The van der Waals surface area contributed by atoms with Crippen LogP contribution in [-0.2, 0) is 32.0 Å². The number of hydrogen-bond donors (Lipinski definition) is 0. The fourth-order valence-corrected chi connectivity index (χ4v) is 3.45. The van der Waals surface area contributed by atoms with Gasteiger partial charge in [-0.25, -0.2) is 14.3 Å². The third-order valence-electron chi connectivity index (χ3n) is 5.13. The molecular weight excluding hydrogens is 402 g/mol. The molecule has 3 aromatic rings. The molecule has 0 radical (unpaired) electrons. The number of carbonyl (C=O) groups excluding carboxylic acids is 1. The number of aryl methyl sites for hydroxylation is 2. The molecule has 31 heavy (non-hydrogen) atoms. The van der Waals surface area contributed by atoms with Crippen LogP contribution >= 0.6 is 0 Å². The highest BCUT2D eigenvalue weighted by Crippen LogP contribution is 2.28. The highest BCUT2D eigenvalue weighted by molar-refractivity contribution is 5.77. The number of amides is 1. The summed E-state index contributed by atoms with van der Waals surface area (Å²) >= 11 is 0. The molecule has 1 amide bonds. The summed E-state index contributed by atoms with van der Waals surface area (Å²) in [4.78, 5) is 44.2. The molecule has 0 N–H and O–H groups in total. The van der Waals surface area contributed by atoms with E-state index in [9.17, 15) is 14.4 Å². The summed E-state index contributed by atoms with van der Waals surface area (Å²) in [6.07, 6.45) is 1.47. The molecule has 3 rings (SSSR count). The van der Waals surface area contributed by atoms with E-state index in [1.54, 1.807) is 29.7 Å². The standard InChI is InChI=1S/C21H27N5O5/c1-6-25(11-14-8-9-15(31-7-2)16(10-14)30-5)17(27)12-26-20(28)18-19(22-13-23(18)3)24(4)21(26)29/h8-10,13H,6-7,11-12H2,1-5H3. The van der Waals surface area contributed by atoms with Gasteiger partial charge in [-0.1, -0.05) is 6.07 Å². The van der Waals surface area contributed by atoms with E-state index >= 15 is 0 Å². The molecule has 0 atom stereocenters. The molecule has 0 saturated carbocycles. The lowest BCUT2D eigenvalue weighted by Crippen LogP contribution is -2.44. The van der Waals surface area contributed by atoms with Crippen LogP contribution in [0.25, 0.3) is 11.2 Å². The molecular formula is C21H27N5O5. The first-order valence-electron chi connectivity index (χ1n) is 10.0. The van der Waals surface area contributed by atoms with Crippen molar-refractivity contribution in [3.63, 3.8) is 0 Å². The van der Waals surface area contributed by atoms with Gasteiger partial charge in [0, 0.05) is 27.2 Å². The zero-order valence-corrected chi connectivity index (χ0v) is 18.4. The summed E-state index contributed by atoms with van der Waals surface area (Å²) in [5.74, 6) is 0.869. The van der Waals surface area contributed by atoms with Crippen molar-refractivity contribution in [2.24, 2.45) is 14.1 Å². The molecule has 1 aromatic carbocycles. The third kappa shape index (κ3) is 4.18. The number of aromatic nitrogens is 4. The van der Waals surface area contributed by atoms with E-state index in [1.807, 2.05) is 26.0 Å².